The average molecular weight is 1140 g/mol. The zero-order chi connectivity index (χ0) is 59.1. The van der Waals surface area contributed by atoms with E-state index in [9.17, 15) is 25.2 Å². The number of aliphatic imine (C=N–C) groups is 1. The van der Waals surface area contributed by atoms with Crippen LogP contribution < -0.4 is 31.2 Å². The van der Waals surface area contributed by atoms with Crippen LogP contribution in [0.1, 0.15) is 153 Å². The number of hydrogen-bond donors (Lipinski definition) is 8. The fraction of sp³-hybridized carbons (Fsp3) is 0.457. The number of aliphatic hydroxyl groups is 3. The maximum atomic E-state index is 14.5. The van der Waals surface area contributed by atoms with Gasteiger partial charge >= 0.3 is 0 Å². The number of nitrogens with one attached hydrogen (secondary N) is 3. The first-order valence-electron chi connectivity index (χ1n) is 30.5. The summed E-state index contributed by atoms with van der Waals surface area (Å²) in [4.78, 5) is 18.5. The molecule has 5 aromatic carbocycles. The van der Waals surface area contributed by atoms with E-state index >= 15 is 0 Å². The Morgan fingerprint density at radius 2 is 1.75 bits per heavy atom. The van der Waals surface area contributed by atoms with Gasteiger partial charge in [0, 0.05) is 73.2 Å². The lowest BCUT2D eigenvalue weighted by atomic mass is 9.70. The molecule has 4 aliphatic heterocycles. The summed E-state index contributed by atoms with van der Waals surface area (Å²) in [6, 6.07) is 26.1. The molecule has 0 radical (unpaired) electrons. The Balaban J connectivity index is 1.21. The topological polar surface area (TPSA) is 209 Å². The standard InChI is InChI=1S/C70H87N5O9/c1-6-27-74-42-51-37-58(49-17-10-14-46(32-49)25-30-82-29-12-28-73-7-2)56-26-31-83-54(35-50-38-63(77)59(51)36-48(50)16-9-8-13-45-15-11-18-52(33-45)75-70(71)72-4)39-53(76)22-20-47-21-24-65(81-5)66(34-47)84-43-62-55-23-19-44(3)57-41-64(78)68(56)61(67(55)57)40-60(62)69(79)80/h10-11,14-15,17-19,21,23-24,32-34,36,38,40-41,44,48,50-51,54,56,58,69,73-74,77-80H,6-9,12-13,16,20,22,25,27-30,35,37,39,42-43H2,1-5H3,(H3,71,72,75). The highest BCUT2D eigenvalue weighted by Crippen LogP contribution is 2.51. The second kappa shape index (κ2) is 29.6. The number of benzene rings is 5. The highest BCUT2D eigenvalue weighted by molar-refractivity contribution is 6.01. The fourth-order valence-electron chi connectivity index (χ4n) is 12.9. The Morgan fingerprint density at radius 1 is 0.917 bits per heavy atom. The number of Topliss-reactive ketones (excluding diaryl/α,β-unsaturated/α-hetero) is 1. The number of unbranched alkanes of at least 4 members (excludes halogenated alkanes) is 1. The van der Waals surface area contributed by atoms with Crippen molar-refractivity contribution >= 4 is 34.3 Å². The number of nitrogens with zero attached hydrogens (tertiary/aromatic N) is 1. The molecule has 7 unspecified atom stereocenters. The van der Waals surface area contributed by atoms with Gasteiger partial charge in [0.05, 0.1) is 19.6 Å². The molecule has 14 nitrogen and oxygen atoms in total. The van der Waals surface area contributed by atoms with Crippen molar-refractivity contribution in [2.75, 3.05) is 58.9 Å². The Bertz CT molecular complexity index is 3280. The quantitative estimate of drug-likeness (QED) is 0.0113. The lowest BCUT2D eigenvalue weighted by molar-refractivity contribution is -0.121. The number of carbonyl (C=O) groups is 1. The number of allylic oxidation sites excluding steroid dienone is 4. The SMILES string of the molecule is CCCNCC1CC(c2cccc(CCOCCCNCC)c2)C2C#COC(CC(=O)CCc3ccc(OC)c(c3)OCc3c(C(O)O)cc4c2c(O)cc2c4c3C=CC2C)CC2C=C(O)C1=CC2CCCCc1cccc(NC(N)=NC)c1. The Kier molecular flexibility index (Phi) is 21.7. The lowest BCUT2D eigenvalue weighted by Crippen LogP contribution is -2.31. The number of guanidine groups is 1. The highest BCUT2D eigenvalue weighted by Gasteiger charge is 2.38. The molecule has 10 bridgehead atoms. The summed E-state index contributed by atoms with van der Waals surface area (Å²) in [6.45, 7) is 10.6. The van der Waals surface area contributed by atoms with Gasteiger partial charge in [0.25, 0.3) is 0 Å². The van der Waals surface area contributed by atoms with Crippen LogP contribution in [0.4, 0.5) is 5.69 Å². The summed E-state index contributed by atoms with van der Waals surface area (Å²) in [5.74, 6) is 3.50. The molecule has 2 aliphatic carbocycles. The van der Waals surface area contributed by atoms with Crippen molar-refractivity contribution in [1.29, 1.82) is 0 Å². The van der Waals surface area contributed by atoms with Gasteiger partial charge in [-0.2, -0.15) is 0 Å². The smallest absolute Gasteiger partial charge is 0.192 e. The summed E-state index contributed by atoms with van der Waals surface area (Å²) in [5, 5.41) is 60.2. The van der Waals surface area contributed by atoms with Crippen LogP contribution in [-0.4, -0.2) is 91.8 Å². The molecule has 4 heterocycles. The second-order valence-electron chi connectivity index (χ2n) is 23.2. The first-order chi connectivity index (χ1) is 40.8. The molecule has 0 saturated heterocycles. The van der Waals surface area contributed by atoms with E-state index in [2.05, 4.69) is 102 Å². The molecule has 14 heteroatoms. The number of phenolic OH excluding ortho intramolecular Hbond substituents is 1. The van der Waals surface area contributed by atoms with Crippen LogP contribution in [0.2, 0.25) is 0 Å². The van der Waals surface area contributed by atoms with Crippen LogP contribution in [-0.2, 0) is 40.1 Å². The van der Waals surface area contributed by atoms with Gasteiger partial charge in [-0.15, -0.1) is 0 Å². The number of phenols is 1. The van der Waals surface area contributed by atoms with E-state index in [4.69, 9.17) is 24.7 Å². The number of hydrogen-bond acceptors (Lipinski definition) is 12. The molecule has 11 rings (SSSR count). The van der Waals surface area contributed by atoms with Gasteiger partial charge in [0.1, 0.15) is 36.1 Å². The molecule has 9 N–H and O–H groups in total. The first-order valence-corrected chi connectivity index (χ1v) is 30.5. The monoisotopic (exact) mass is 1140 g/mol. The van der Waals surface area contributed by atoms with Crippen LogP contribution in [0.25, 0.3) is 16.8 Å². The number of carbonyl (C=O) groups excluding carboxylic acids is 1. The molecule has 0 fully saturated rings. The van der Waals surface area contributed by atoms with E-state index in [1.165, 1.54) is 5.56 Å². The number of aliphatic hydroxyl groups excluding tert-OH is 2. The van der Waals surface area contributed by atoms with E-state index in [-0.39, 0.29) is 66.0 Å². The molecule has 0 amide bonds. The van der Waals surface area contributed by atoms with E-state index in [1.54, 1.807) is 20.2 Å². The first kappa shape index (κ1) is 61.4. The zero-order valence-corrected chi connectivity index (χ0v) is 49.7. The van der Waals surface area contributed by atoms with Crippen molar-refractivity contribution in [3.63, 3.8) is 0 Å². The third-order valence-electron chi connectivity index (χ3n) is 17.3. The van der Waals surface area contributed by atoms with E-state index in [0.29, 0.717) is 79.4 Å². The van der Waals surface area contributed by atoms with E-state index in [1.807, 2.05) is 48.6 Å². The fourth-order valence-corrected chi connectivity index (χ4v) is 12.9. The Hall–Kier alpha value is -7.12. The van der Waals surface area contributed by atoms with Crippen LogP contribution in [0, 0.1) is 29.8 Å². The summed E-state index contributed by atoms with van der Waals surface area (Å²) in [6.07, 6.45) is 16.8. The number of fused-ring (bicyclic) bond motifs is 8. The van der Waals surface area contributed by atoms with Gasteiger partial charge in [-0.25, -0.2) is 0 Å². The van der Waals surface area contributed by atoms with Gasteiger partial charge in [-0.1, -0.05) is 93.8 Å². The van der Waals surface area contributed by atoms with Crippen molar-refractivity contribution in [1.82, 2.24) is 10.6 Å². The number of methoxy groups -OCH3 is 1. The molecular formula is C70H87N5O9. The summed E-state index contributed by atoms with van der Waals surface area (Å²) >= 11 is 0. The largest absolute Gasteiger partial charge is 0.508 e. The van der Waals surface area contributed by atoms with Gasteiger partial charge in [-0.3, -0.25) is 9.79 Å². The van der Waals surface area contributed by atoms with E-state index < -0.39 is 24.2 Å². The van der Waals surface area contributed by atoms with Crippen LogP contribution in [0.3, 0.4) is 0 Å². The number of aromatic hydroxyl groups is 1. The number of anilines is 1. The third-order valence-corrected chi connectivity index (χ3v) is 17.3. The number of ether oxygens (including phenoxy) is 4. The van der Waals surface area contributed by atoms with Crippen LogP contribution in [0.15, 0.2) is 113 Å². The number of nitrogens with two attached hydrogens (primary N) is 1. The lowest BCUT2D eigenvalue weighted by Gasteiger charge is -2.35. The second-order valence-corrected chi connectivity index (χ2v) is 23.2. The molecule has 446 valence electrons. The predicted octanol–water partition coefficient (Wildman–Crippen LogP) is 11.7. The average Bonchev–Trinajstić information content (AvgIpc) is 1.85. The molecule has 7 atom stereocenters. The highest BCUT2D eigenvalue weighted by atomic mass is 16.5. The minimum Gasteiger partial charge on any atom is -0.508 e. The Morgan fingerprint density at radius 3 is 2.55 bits per heavy atom. The molecular weight excluding hydrogens is 1050 g/mol. The van der Waals surface area contributed by atoms with E-state index in [0.717, 1.165) is 103 Å². The summed E-state index contributed by atoms with van der Waals surface area (Å²) < 4.78 is 25.4. The number of rotatable bonds is 21. The molecule has 84 heavy (non-hydrogen) atoms. The minimum atomic E-state index is -1.91. The van der Waals surface area contributed by atoms with Crippen molar-refractivity contribution in [3.05, 3.63) is 158 Å². The van der Waals surface area contributed by atoms with Crippen molar-refractivity contribution in [2.24, 2.45) is 28.5 Å². The molecule has 0 spiro atoms. The van der Waals surface area contributed by atoms with Crippen molar-refractivity contribution in [3.8, 4) is 29.3 Å². The summed E-state index contributed by atoms with van der Waals surface area (Å²) in [7, 11) is 3.24. The van der Waals surface area contributed by atoms with Crippen LogP contribution in [0.5, 0.6) is 17.2 Å². The predicted molar refractivity (Wildman–Crippen MR) is 335 cm³/mol. The van der Waals surface area contributed by atoms with Crippen LogP contribution >= 0.6 is 0 Å². The maximum Gasteiger partial charge on any atom is 0.192 e. The number of aryl methyl sites for hydroxylation is 2. The zero-order valence-electron chi connectivity index (χ0n) is 49.7. The molecule has 6 aliphatic rings. The third kappa shape index (κ3) is 15.2. The molecule has 5 aromatic rings. The van der Waals surface area contributed by atoms with Gasteiger partial charge < -0.3 is 61.1 Å². The van der Waals surface area contributed by atoms with Gasteiger partial charge in [0.2, 0.25) is 0 Å². The number of ketones is 1. The Labute approximate surface area is 496 Å². The summed E-state index contributed by atoms with van der Waals surface area (Å²) in [5.41, 5.74) is 14.9. The van der Waals surface area contributed by atoms with Crippen molar-refractivity contribution in [2.45, 2.75) is 135 Å². The van der Waals surface area contributed by atoms with Gasteiger partial charge in [-0.05, 0) is 181 Å². The van der Waals surface area contributed by atoms with Crippen molar-refractivity contribution < 1.29 is 44.2 Å². The molecule has 0 saturated carbocycles. The normalized spacial score (nSPS) is 21.5. The van der Waals surface area contributed by atoms with Gasteiger partial charge in [0.15, 0.2) is 23.7 Å². The molecule has 0 aromatic heterocycles. The maximum absolute atomic E-state index is 14.5. The minimum absolute atomic E-state index is 0.00344.